The second-order valence-corrected chi connectivity index (χ2v) is 7.73. The normalized spacial score (nSPS) is 11.0. The number of ether oxygens (including phenoxy) is 2. The Bertz CT molecular complexity index is 1270. The maximum atomic E-state index is 12.2. The molecule has 180 valence electrons. The minimum Gasteiger partial charge on any atom is -0.466 e. The molecule has 0 N–H and O–H groups in total. The van der Waals surface area contributed by atoms with Crippen LogP contribution in [0, 0.1) is 0 Å². The first-order valence-electron chi connectivity index (χ1n) is 11.2. The highest BCUT2D eigenvalue weighted by molar-refractivity contribution is 5.97. The first kappa shape index (κ1) is 25.3. The van der Waals surface area contributed by atoms with Gasteiger partial charge in [-0.3, -0.25) is 0 Å². The molecule has 0 aliphatic heterocycles. The number of esters is 2. The average molecular weight is 474 g/mol. The number of carbonyl (C=O) groups excluding carboxylic acids is 2. The van der Waals surface area contributed by atoms with E-state index in [0.717, 1.165) is 41.8 Å². The standard InChI is InChI=1S/C26H27N5O4/c1-4-5-10-24-28-16-20(15-23(29-30-27)26(33)35-3)31(24)17-18-11-13-19(14-12-18)21-8-6-7-9-22(21)25(32)34-2/h6-9,11-16H,4-5,10,17H2,1-3H3/b23-15+. The van der Waals surface area contributed by atoms with E-state index in [1.165, 1.54) is 20.3 Å². The van der Waals surface area contributed by atoms with E-state index < -0.39 is 5.97 Å². The van der Waals surface area contributed by atoms with E-state index in [1.54, 1.807) is 18.3 Å². The molecule has 2 aromatic carbocycles. The third-order valence-corrected chi connectivity index (χ3v) is 5.49. The molecule has 0 saturated heterocycles. The number of rotatable bonds is 10. The molecule has 35 heavy (non-hydrogen) atoms. The summed E-state index contributed by atoms with van der Waals surface area (Å²) in [5, 5.41) is 3.47. The van der Waals surface area contributed by atoms with Crippen molar-refractivity contribution in [3.8, 4) is 11.1 Å². The number of nitrogens with zero attached hydrogens (tertiary/aromatic N) is 5. The van der Waals surface area contributed by atoms with Crippen molar-refractivity contribution < 1.29 is 19.1 Å². The summed E-state index contributed by atoms with van der Waals surface area (Å²) >= 11 is 0. The summed E-state index contributed by atoms with van der Waals surface area (Å²) in [5.74, 6) is -0.246. The van der Waals surface area contributed by atoms with Crippen LogP contribution in [0.25, 0.3) is 27.6 Å². The Morgan fingerprint density at radius 1 is 1.11 bits per heavy atom. The van der Waals surface area contributed by atoms with Crippen LogP contribution < -0.4 is 0 Å². The first-order valence-corrected chi connectivity index (χ1v) is 11.2. The third-order valence-electron chi connectivity index (χ3n) is 5.49. The van der Waals surface area contributed by atoms with Gasteiger partial charge in [-0.05, 0) is 40.8 Å². The molecule has 0 radical (unpaired) electrons. The lowest BCUT2D eigenvalue weighted by Crippen LogP contribution is -2.09. The SMILES string of the molecule is CCCCc1ncc(/C=C(/N=[N+]=[N-])C(=O)OC)n1Cc1ccc(-c2ccccc2C(=O)OC)cc1. The Morgan fingerprint density at radius 3 is 2.51 bits per heavy atom. The summed E-state index contributed by atoms with van der Waals surface area (Å²) in [6.07, 6.45) is 5.88. The second kappa shape index (κ2) is 12.2. The highest BCUT2D eigenvalue weighted by Crippen LogP contribution is 2.25. The van der Waals surface area contributed by atoms with Crippen LogP contribution in [0.2, 0.25) is 0 Å². The minimum absolute atomic E-state index is 0.145. The molecule has 9 heteroatoms. The lowest BCUT2D eigenvalue weighted by atomic mass is 9.98. The van der Waals surface area contributed by atoms with Gasteiger partial charge >= 0.3 is 11.9 Å². The Labute approximate surface area is 203 Å². The molecule has 1 aromatic heterocycles. The van der Waals surface area contributed by atoms with E-state index in [-0.39, 0.29) is 11.7 Å². The molecule has 0 atom stereocenters. The topological polar surface area (TPSA) is 119 Å². The van der Waals surface area contributed by atoms with Crippen LogP contribution >= 0.6 is 0 Å². The predicted octanol–water partition coefficient (Wildman–Crippen LogP) is 5.55. The first-order chi connectivity index (χ1) is 17.0. The lowest BCUT2D eigenvalue weighted by Gasteiger charge is -2.13. The second-order valence-electron chi connectivity index (χ2n) is 7.73. The van der Waals surface area contributed by atoms with E-state index >= 15 is 0 Å². The molecule has 0 amide bonds. The van der Waals surface area contributed by atoms with E-state index in [4.69, 9.17) is 15.0 Å². The summed E-state index contributed by atoms with van der Waals surface area (Å²) in [4.78, 5) is 31.4. The van der Waals surface area contributed by atoms with Gasteiger partial charge in [-0.15, -0.1) is 0 Å². The van der Waals surface area contributed by atoms with Gasteiger partial charge in [-0.2, -0.15) is 0 Å². The largest absolute Gasteiger partial charge is 0.466 e. The monoisotopic (exact) mass is 473 g/mol. The van der Waals surface area contributed by atoms with E-state index in [2.05, 4.69) is 21.9 Å². The number of unbranched alkanes of at least 4 members (excludes halogenated alkanes) is 1. The lowest BCUT2D eigenvalue weighted by molar-refractivity contribution is -0.136. The zero-order chi connectivity index (χ0) is 25.2. The molecule has 0 unspecified atom stereocenters. The van der Waals surface area contributed by atoms with Gasteiger partial charge in [-0.1, -0.05) is 60.9 Å². The van der Waals surface area contributed by atoms with Crippen molar-refractivity contribution in [3.05, 3.63) is 93.5 Å². The molecular formula is C26H27N5O4. The van der Waals surface area contributed by atoms with Crippen molar-refractivity contribution in [2.45, 2.75) is 32.7 Å². The number of benzene rings is 2. The number of aryl methyl sites for hydroxylation is 1. The fraction of sp³-hybridized carbons (Fsp3) is 0.269. The highest BCUT2D eigenvalue weighted by Gasteiger charge is 2.15. The minimum atomic E-state index is -0.723. The van der Waals surface area contributed by atoms with Crippen LogP contribution in [-0.4, -0.2) is 35.7 Å². The zero-order valence-electron chi connectivity index (χ0n) is 20.0. The number of hydrogen-bond donors (Lipinski definition) is 0. The molecule has 0 aliphatic rings. The Kier molecular flexibility index (Phi) is 8.81. The molecule has 3 rings (SSSR count). The van der Waals surface area contributed by atoms with Crippen LogP contribution in [0.15, 0.2) is 65.5 Å². The Morgan fingerprint density at radius 2 is 1.86 bits per heavy atom. The molecule has 0 saturated carbocycles. The Hall–Kier alpha value is -4.36. The predicted molar refractivity (Wildman–Crippen MR) is 132 cm³/mol. The number of hydrogen-bond acceptors (Lipinski definition) is 6. The fourth-order valence-corrected chi connectivity index (χ4v) is 3.68. The smallest absolute Gasteiger partial charge is 0.340 e. The maximum Gasteiger partial charge on any atom is 0.340 e. The summed E-state index contributed by atoms with van der Waals surface area (Å²) in [5.41, 5.74) is 12.5. The highest BCUT2D eigenvalue weighted by atomic mass is 16.5. The summed E-state index contributed by atoms with van der Waals surface area (Å²) < 4.78 is 11.6. The Balaban J connectivity index is 1.96. The number of imidazole rings is 1. The van der Waals surface area contributed by atoms with Crippen molar-refractivity contribution in [1.29, 1.82) is 0 Å². The van der Waals surface area contributed by atoms with Crippen molar-refractivity contribution in [1.82, 2.24) is 9.55 Å². The molecule has 0 bridgehead atoms. The van der Waals surface area contributed by atoms with Gasteiger partial charge in [0.25, 0.3) is 0 Å². The summed E-state index contributed by atoms with van der Waals surface area (Å²) in [6, 6.07) is 15.2. The van der Waals surface area contributed by atoms with Crippen LogP contribution in [-0.2, 0) is 27.2 Å². The van der Waals surface area contributed by atoms with E-state index in [1.807, 2.05) is 41.0 Å². The van der Waals surface area contributed by atoms with Gasteiger partial charge in [0.15, 0.2) is 0 Å². The van der Waals surface area contributed by atoms with Crippen molar-refractivity contribution in [2.24, 2.45) is 5.11 Å². The van der Waals surface area contributed by atoms with Crippen LogP contribution in [0.5, 0.6) is 0 Å². The summed E-state index contributed by atoms with van der Waals surface area (Å²) in [6.45, 7) is 2.60. The van der Waals surface area contributed by atoms with Crippen molar-refractivity contribution >= 4 is 18.0 Å². The fourth-order valence-electron chi connectivity index (χ4n) is 3.68. The maximum absolute atomic E-state index is 12.2. The van der Waals surface area contributed by atoms with Gasteiger partial charge < -0.3 is 14.0 Å². The summed E-state index contributed by atoms with van der Waals surface area (Å²) in [7, 11) is 2.59. The molecular weight excluding hydrogens is 446 g/mol. The number of carbonyl (C=O) groups is 2. The quantitative estimate of drug-likeness (QED) is 0.126. The van der Waals surface area contributed by atoms with Gasteiger partial charge in [0.2, 0.25) is 0 Å². The average Bonchev–Trinajstić information content (AvgIpc) is 3.27. The van der Waals surface area contributed by atoms with Crippen LogP contribution in [0.4, 0.5) is 0 Å². The van der Waals surface area contributed by atoms with E-state index in [0.29, 0.717) is 17.8 Å². The number of aromatic nitrogens is 2. The number of azide groups is 1. The van der Waals surface area contributed by atoms with Crippen LogP contribution in [0.3, 0.4) is 0 Å². The van der Waals surface area contributed by atoms with Crippen molar-refractivity contribution in [2.75, 3.05) is 14.2 Å². The molecule has 0 fully saturated rings. The molecule has 1 heterocycles. The number of methoxy groups -OCH3 is 2. The zero-order valence-corrected chi connectivity index (χ0v) is 20.0. The molecule has 3 aromatic rings. The van der Waals surface area contributed by atoms with Gasteiger partial charge in [-0.25, -0.2) is 14.6 Å². The van der Waals surface area contributed by atoms with Gasteiger partial charge in [0, 0.05) is 17.9 Å². The van der Waals surface area contributed by atoms with Gasteiger partial charge in [0.1, 0.15) is 11.5 Å². The van der Waals surface area contributed by atoms with Crippen molar-refractivity contribution in [3.63, 3.8) is 0 Å². The van der Waals surface area contributed by atoms with E-state index in [9.17, 15) is 9.59 Å². The molecule has 0 aliphatic carbocycles. The van der Waals surface area contributed by atoms with Crippen LogP contribution in [0.1, 0.15) is 47.2 Å². The molecule has 9 nitrogen and oxygen atoms in total. The third kappa shape index (κ3) is 6.16. The molecule has 0 spiro atoms. The van der Waals surface area contributed by atoms with Gasteiger partial charge in [0.05, 0.1) is 31.7 Å².